The average Bonchev–Trinajstić information content (AvgIpc) is 2.10. The van der Waals surface area contributed by atoms with Gasteiger partial charge in [-0.15, -0.1) is 0 Å². The third kappa shape index (κ3) is 3.63. The van der Waals surface area contributed by atoms with E-state index in [2.05, 4.69) is 26.1 Å². The fourth-order valence-electron chi connectivity index (χ4n) is 1.69. The van der Waals surface area contributed by atoms with E-state index in [4.69, 9.17) is 17.3 Å². The minimum atomic E-state index is 0.0492. The van der Waals surface area contributed by atoms with E-state index in [0.717, 1.165) is 24.2 Å². The van der Waals surface area contributed by atoms with E-state index in [1.807, 2.05) is 12.1 Å². The van der Waals surface area contributed by atoms with Gasteiger partial charge in [-0.2, -0.15) is 0 Å². The molecule has 1 rings (SSSR count). The van der Waals surface area contributed by atoms with Gasteiger partial charge in [0.25, 0.3) is 0 Å². The van der Waals surface area contributed by atoms with E-state index in [0.29, 0.717) is 5.02 Å². The Hall–Kier alpha value is -0.890. The van der Waals surface area contributed by atoms with Gasteiger partial charge in [-0.05, 0) is 38.5 Å². The van der Waals surface area contributed by atoms with Crippen LogP contribution in [0.4, 0.5) is 11.4 Å². The number of anilines is 2. The van der Waals surface area contributed by atoms with Crippen LogP contribution in [0.1, 0.15) is 33.6 Å². The lowest BCUT2D eigenvalue weighted by Gasteiger charge is -2.28. The molecule has 3 N–H and O–H groups in total. The van der Waals surface area contributed by atoms with Crippen LogP contribution < -0.4 is 11.1 Å². The molecule has 0 bridgehead atoms. The first-order valence-electron chi connectivity index (χ1n) is 5.28. The second kappa shape index (κ2) is 4.75. The van der Waals surface area contributed by atoms with Gasteiger partial charge in [0.2, 0.25) is 0 Å². The molecule has 0 atom stereocenters. The van der Waals surface area contributed by atoms with Crippen molar-refractivity contribution in [1.29, 1.82) is 0 Å². The van der Waals surface area contributed by atoms with Crippen molar-refractivity contribution in [1.82, 2.24) is 0 Å². The molecule has 0 heterocycles. The fraction of sp³-hybridized carbons (Fsp3) is 0.500. The Morgan fingerprint density at radius 2 is 2.07 bits per heavy atom. The van der Waals surface area contributed by atoms with Crippen LogP contribution in [0.5, 0.6) is 0 Å². The van der Waals surface area contributed by atoms with Gasteiger partial charge in [0, 0.05) is 10.6 Å². The molecule has 1 aromatic carbocycles. The molecule has 0 fully saturated rings. The molecule has 0 radical (unpaired) electrons. The molecule has 0 aliphatic heterocycles. The summed E-state index contributed by atoms with van der Waals surface area (Å²) in [4.78, 5) is 0. The van der Waals surface area contributed by atoms with E-state index in [1.165, 1.54) is 0 Å². The van der Waals surface area contributed by atoms with Crippen LogP contribution >= 0.6 is 11.6 Å². The zero-order chi connectivity index (χ0) is 11.5. The number of hydrogen-bond acceptors (Lipinski definition) is 2. The molecule has 0 aliphatic rings. The normalized spacial score (nSPS) is 11.5. The Balaban J connectivity index is 2.83. The number of benzene rings is 1. The first kappa shape index (κ1) is 12.2. The van der Waals surface area contributed by atoms with Crippen LogP contribution in [0, 0.1) is 0 Å². The zero-order valence-electron chi connectivity index (χ0n) is 9.60. The third-order valence-corrected chi connectivity index (χ3v) is 2.60. The molecular formula is C12H19ClN2. The highest BCUT2D eigenvalue weighted by atomic mass is 35.5. The lowest BCUT2D eigenvalue weighted by Crippen LogP contribution is -2.30. The van der Waals surface area contributed by atoms with Crippen molar-refractivity contribution in [2.75, 3.05) is 11.1 Å². The highest BCUT2D eigenvalue weighted by molar-refractivity contribution is 6.31. The summed E-state index contributed by atoms with van der Waals surface area (Å²) >= 11 is 5.93. The van der Waals surface area contributed by atoms with Crippen molar-refractivity contribution in [3.63, 3.8) is 0 Å². The SMILES string of the molecule is CCCC(C)(C)Nc1cc(Cl)ccc1N. The van der Waals surface area contributed by atoms with Crippen LogP contribution in [0.3, 0.4) is 0 Å². The molecule has 0 aromatic heterocycles. The molecule has 3 heteroatoms. The zero-order valence-corrected chi connectivity index (χ0v) is 10.4. The quantitative estimate of drug-likeness (QED) is 0.764. The van der Waals surface area contributed by atoms with Gasteiger partial charge in [0.05, 0.1) is 11.4 Å². The molecule has 0 aliphatic carbocycles. The number of nitrogens with two attached hydrogens (primary N) is 1. The fourth-order valence-corrected chi connectivity index (χ4v) is 1.86. The second-order valence-corrected chi connectivity index (χ2v) is 4.93. The van der Waals surface area contributed by atoms with Crippen molar-refractivity contribution in [3.8, 4) is 0 Å². The van der Waals surface area contributed by atoms with Gasteiger partial charge in [-0.25, -0.2) is 0 Å². The Labute approximate surface area is 96.8 Å². The molecule has 0 amide bonds. The van der Waals surface area contributed by atoms with Crippen molar-refractivity contribution in [3.05, 3.63) is 23.2 Å². The standard InChI is InChI=1S/C12H19ClN2/c1-4-7-12(2,3)15-11-8-9(13)5-6-10(11)14/h5-6,8,15H,4,7,14H2,1-3H3. The number of rotatable bonds is 4. The lowest BCUT2D eigenvalue weighted by molar-refractivity contribution is 0.511. The first-order valence-corrected chi connectivity index (χ1v) is 5.65. The molecule has 0 spiro atoms. The van der Waals surface area contributed by atoms with E-state index in [9.17, 15) is 0 Å². The summed E-state index contributed by atoms with van der Waals surface area (Å²) in [6.07, 6.45) is 2.24. The monoisotopic (exact) mass is 226 g/mol. The summed E-state index contributed by atoms with van der Waals surface area (Å²) in [5.41, 5.74) is 7.58. The van der Waals surface area contributed by atoms with Crippen molar-refractivity contribution in [2.45, 2.75) is 39.2 Å². The largest absolute Gasteiger partial charge is 0.397 e. The minimum Gasteiger partial charge on any atom is -0.397 e. The number of halogens is 1. The smallest absolute Gasteiger partial charge is 0.0592 e. The Morgan fingerprint density at radius 1 is 1.40 bits per heavy atom. The highest BCUT2D eigenvalue weighted by Gasteiger charge is 2.16. The van der Waals surface area contributed by atoms with E-state index in [-0.39, 0.29) is 5.54 Å². The van der Waals surface area contributed by atoms with Crippen LogP contribution in [-0.2, 0) is 0 Å². The Kier molecular flexibility index (Phi) is 3.86. The molecule has 84 valence electrons. The topological polar surface area (TPSA) is 38.0 Å². The second-order valence-electron chi connectivity index (χ2n) is 4.49. The molecule has 0 saturated heterocycles. The summed E-state index contributed by atoms with van der Waals surface area (Å²) in [5.74, 6) is 0. The Morgan fingerprint density at radius 3 is 2.67 bits per heavy atom. The number of nitrogen functional groups attached to an aromatic ring is 1. The third-order valence-electron chi connectivity index (χ3n) is 2.36. The summed E-state index contributed by atoms with van der Waals surface area (Å²) < 4.78 is 0. The van der Waals surface area contributed by atoms with Gasteiger partial charge in [0.15, 0.2) is 0 Å². The van der Waals surface area contributed by atoms with E-state index < -0.39 is 0 Å². The highest BCUT2D eigenvalue weighted by Crippen LogP contribution is 2.27. The van der Waals surface area contributed by atoms with Gasteiger partial charge < -0.3 is 11.1 Å². The molecule has 15 heavy (non-hydrogen) atoms. The van der Waals surface area contributed by atoms with Crippen LogP contribution in [-0.4, -0.2) is 5.54 Å². The predicted octanol–water partition coefficient (Wildman–Crippen LogP) is 3.91. The average molecular weight is 227 g/mol. The lowest BCUT2D eigenvalue weighted by atomic mass is 9.98. The van der Waals surface area contributed by atoms with Gasteiger partial charge in [-0.3, -0.25) is 0 Å². The number of nitrogens with one attached hydrogen (secondary N) is 1. The summed E-state index contributed by atoms with van der Waals surface area (Å²) in [5, 5.41) is 4.13. The minimum absolute atomic E-state index is 0.0492. The predicted molar refractivity (Wildman–Crippen MR) is 68.5 cm³/mol. The molecular weight excluding hydrogens is 208 g/mol. The van der Waals surface area contributed by atoms with Crippen LogP contribution in [0.25, 0.3) is 0 Å². The molecule has 1 aromatic rings. The number of hydrogen-bond donors (Lipinski definition) is 2. The summed E-state index contributed by atoms with van der Waals surface area (Å²) in [7, 11) is 0. The Bertz CT molecular complexity index is 334. The van der Waals surface area contributed by atoms with Gasteiger partial charge >= 0.3 is 0 Å². The van der Waals surface area contributed by atoms with Gasteiger partial charge in [-0.1, -0.05) is 24.9 Å². The molecule has 0 unspecified atom stereocenters. The van der Waals surface area contributed by atoms with Crippen molar-refractivity contribution in [2.24, 2.45) is 0 Å². The maximum atomic E-state index is 5.93. The van der Waals surface area contributed by atoms with E-state index >= 15 is 0 Å². The van der Waals surface area contributed by atoms with Crippen molar-refractivity contribution >= 4 is 23.0 Å². The maximum absolute atomic E-state index is 5.93. The molecule has 0 saturated carbocycles. The first-order chi connectivity index (χ1) is 6.94. The summed E-state index contributed by atoms with van der Waals surface area (Å²) in [6, 6.07) is 5.50. The molecule has 2 nitrogen and oxygen atoms in total. The maximum Gasteiger partial charge on any atom is 0.0592 e. The summed E-state index contributed by atoms with van der Waals surface area (Å²) in [6.45, 7) is 6.50. The van der Waals surface area contributed by atoms with Crippen molar-refractivity contribution < 1.29 is 0 Å². The van der Waals surface area contributed by atoms with Gasteiger partial charge in [0.1, 0.15) is 0 Å². The van der Waals surface area contributed by atoms with Crippen LogP contribution in [0.15, 0.2) is 18.2 Å². The van der Waals surface area contributed by atoms with E-state index in [1.54, 1.807) is 6.07 Å². The van der Waals surface area contributed by atoms with Crippen LogP contribution in [0.2, 0.25) is 5.02 Å².